The molecule has 0 aliphatic carbocycles. The molecule has 6 heteroatoms. The van der Waals surface area contributed by atoms with Gasteiger partial charge < -0.3 is 15.8 Å². The first-order chi connectivity index (χ1) is 12.6. The van der Waals surface area contributed by atoms with Crippen molar-refractivity contribution < 1.29 is 9.53 Å². The Labute approximate surface area is 152 Å². The van der Waals surface area contributed by atoms with Crippen LogP contribution in [0.1, 0.15) is 27.2 Å². The highest BCUT2D eigenvalue weighted by Gasteiger charge is 2.11. The number of nitrogens with zero attached hydrogens (tertiary/aromatic N) is 2. The second kappa shape index (κ2) is 8.11. The number of rotatable bonds is 6. The van der Waals surface area contributed by atoms with Gasteiger partial charge in [-0.25, -0.2) is 9.97 Å². The summed E-state index contributed by atoms with van der Waals surface area (Å²) in [6, 6.07) is 15.8. The fourth-order valence-electron chi connectivity index (χ4n) is 2.46. The lowest BCUT2D eigenvalue weighted by Crippen LogP contribution is -2.25. The van der Waals surface area contributed by atoms with E-state index >= 15 is 0 Å². The van der Waals surface area contributed by atoms with Crippen LogP contribution in [0.15, 0.2) is 60.9 Å². The molecule has 0 saturated carbocycles. The number of amides is 1. The van der Waals surface area contributed by atoms with Crippen LogP contribution in [0.25, 0.3) is 0 Å². The maximum atomic E-state index is 12.1. The molecule has 0 atom stereocenters. The van der Waals surface area contributed by atoms with Gasteiger partial charge in [0.25, 0.3) is 5.91 Å². The molecule has 0 bridgehead atoms. The number of aromatic nitrogens is 2. The molecule has 0 fully saturated rings. The first-order valence-corrected chi connectivity index (χ1v) is 8.24. The molecule has 1 amide bonds. The maximum Gasteiger partial charge on any atom is 0.273 e. The first kappa shape index (κ1) is 17.4. The van der Waals surface area contributed by atoms with Crippen molar-refractivity contribution in [3.05, 3.63) is 83.3 Å². The van der Waals surface area contributed by atoms with E-state index in [0.29, 0.717) is 13.2 Å². The molecule has 0 saturated heterocycles. The van der Waals surface area contributed by atoms with E-state index in [1.807, 2.05) is 36.4 Å². The summed E-state index contributed by atoms with van der Waals surface area (Å²) >= 11 is 0. The van der Waals surface area contributed by atoms with Gasteiger partial charge >= 0.3 is 0 Å². The van der Waals surface area contributed by atoms with Crippen LogP contribution in [0.2, 0.25) is 0 Å². The monoisotopic (exact) mass is 348 g/mol. The van der Waals surface area contributed by atoms with Gasteiger partial charge in [-0.2, -0.15) is 0 Å². The van der Waals surface area contributed by atoms with E-state index in [4.69, 9.17) is 10.5 Å². The SMILES string of the molecule is Cc1cccc(COc2ccc(CNC(=O)c3nccnc3N)cc2)c1. The number of hydrogen-bond donors (Lipinski definition) is 2. The summed E-state index contributed by atoms with van der Waals surface area (Å²) in [4.78, 5) is 19.9. The fourth-order valence-corrected chi connectivity index (χ4v) is 2.46. The quantitative estimate of drug-likeness (QED) is 0.715. The van der Waals surface area contributed by atoms with Crippen molar-refractivity contribution in [1.82, 2.24) is 15.3 Å². The molecule has 3 aromatic rings. The summed E-state index contributed by atoms with van der Waals surface area (Å²) in [6.07, 6.45) is 2.88. The molecule has 3 rings (SSSR count). The summed E-state index contributed by atoms with van der Waals surface area (Å²) in [7, 11) is 0. The first-order valence-electron chi connectivity index (χ1n) is 8.24. The lowest BCUT2D eigenvalue weighted by Gasteiger charge is -2.09. The van der Waals surface area contributed by atoms with Crippen LogP contribution in [-0.2, 0) is 13.2 Å². The Hall–Kier alpha value is -3.41. The summed E-state index contributed by atoms with van der Waals surface area (Å²) in [6.45, 7) is 2.94. The number of aryl methyl sites for hydroxylation is 1. The van der Waals surface area contributed by atoms with E-state index in [-0.39, 0.29) is 17.4 Å². The smallest absolute Gasteiger partial charge is 0.273 e. The van der Waals surface area contributed by atoms with Gasteiger partial charge in [-0.3, -0.25) is 4.79 Å². The minimum absolute atomic E-state index is 0.116. The molecule has 0 spiro atoms. The van der Waals surface area contributed by atoms with Crippen LogP contribution in [0.3, 0.4) is 0 Å². The lowest BCUT2D eigenvalue weighted by molar-refractivity contribution is 0.0946. The third kappa shape index (κ3) is 4.57. The number of benzene rings is 2. The van der Waals surface area contributed by atoms with Gasteiger partial charge in [-0.05, 0) is 30.2 Å². The van der Waals surface area contributed by atoms with Gasteiger partial charge in [-0.15, -0.1) is 0 Å². The zero-order valence-corrected chi connectivity index (χ0v) is 14.5. The molecule has 6 nitrogen and oxygen atoms in total. The number of hydrogen-bond acceptors (Lipinski definition) is 5. The van der Waals surface area contributed by atoms with Gasteiger partial charge in [0, 0.05) is 18.9 Å². The number of ether oxygens (including phenoxy) is 1. The lowest BCUT2D eigenvalue weighted by atomic mass is 10.1. The molecule has 26 heavy (non-hydrogen) atoms. The second-order valence-corrected chi connectivity index (χ2v) is 5.89. The number of carbonyl (C=O) groups is 1. The zero-order valence-electron chi connectivity index (χ0n) is 14.5. The topological polar surface area (TPSA) is 90.1 Å². The largest absolute Gasteiger partial charge is 0.489 e. The highest BCUT2D eigenvalue weighted by Crippen LogP contribution is 2.15. The van der Waals surface area contributed by atoms with E-state index in [9.17, 15) is 4.79 Å². The van der Waals surface area contributed by atoms with Gasteiger partial charge in [0.15, 0.2) is 11.5 Å². The van der Waals surface area contributed by atoms with E-state index in [0.717, 1.165) is 16.9 Å². The number of nitrogens with two attached hydrogens (primary N) is 1. The van der Waals surface area contributed by atoms with Crippen LogP contribution >= 0.6 is 0 Å². The predicted molar refractivity (Wildman–Crippen MR) is 99.6 cm³/mol. The van der Waals surface area contributed by atoms with Gasteiger partial charge in [-0.1, -0.05) is 42.0 Å². The summed E-state index contributed by atoms with van der Waals surface area (Å²) in [5, 5.41) is 2.78. The molecular weight excluding hydrogens is 328 g/mol. The fraction of sp³-hybridized carbons (Fsp3) is 0.150. The molecule has 1 heterocycles. The number of anilines is 1. The number of nitrogen functional groups attached to an aromatic ring is 1. The molecule has 132 valence electrons. The van der Waals surface area contributed by atoms with Crippen LogP contribution in [0.4, 0.5) is 5.82 Å². The summed E-state index contributed by atoms with van der Waals surface area (Å²) < 4.78 is 5.79. The Morgan fingerprint density at radius 3 is 2.58 bits per heavy atom. The van der Waals surface area contributed by atoms with Gasteiger partial charge in [0.2, 0.25) is 0 Å². The van der Waals surface area contributed by atoms with E-state index in [2.05, 4.69) is 34.3 Å². The molecular formula is C20H20N4O2. The Morgan fingerprint density at radius 2 is 1.85 bits per heavy atom. The van der Waals surface area contributed by atoms with Crippen LogP contribution in [-0.4, -0.2) is 15.9 Å². The van der Waals surface area contributed by atoms with E-state index < -0.39 is 0 Å². The minimum Gasteiger partial charge on any atom is -0.489 e. The molecule has 0 radical (unpaired) electrons. The predicted octanol–water partition coefficient (Wildman–Crippen LogP) is 2.88. The summed E-state index contributed by atoms with van der Waals surface area (Å²) in [5.74, 6) is 0.542. The average molecular weight is 348 g/mol. The normalized spacial score (nSPS) is 10.3. The Kier molecular flexibility index (Phi) is 5.43. The number of carbonyl (C=O) groups excluding carboxylic acids is 1. The van der Waals surface area contributed by atoms with Crippen molar-refractivity contribution in [3.63, 3.8) is 0 Å². The highest BCUT2D eigenvalue weighted by atomic mass is 16.5. The van der Waals surface area contributed by atoms with Crippen molar-refractivity contribution in [2.75, 3.05) is 5.73 Å². The molecule has 0 aliphatic rings. The molecule has 1 aromatic heterocycles. The van der Waals surface area contributed by atoms with Crippen molar-refractivity contribution in [3.8, 4) is 5.75 Å². The van der Waals surface area contributed by atoms with Crippen molar-refractivity contribution >= 4 is 11.7 Å². The molecule has 3 N–H and O–H groups in total. The molecule has 2 aromatic carbocycles. The van der Waals surface area contributed by atoms with Crippen LogP contribution < -0.4 is 15.8 Å². The zero-order chi connectivity index (χ0) is 18.4. The van der Waals surface area contributed by atoms with E-state index in [1.165, 1.54) is 18.0 Å². The van der Waals surface area contributed by atoms with E-state index in [1.54, 1.807) is 0 Å². The van der Waals surface area contributed by atoms with Crippen molar-refractivity contribution in [2.24, 2.45) is 0 Å². The van der Waals surface area contributed by atoms with Gasteiger partial charge in [0.1, 0.15) is 12.4 Å². The minimum atomic E-state index is -0.352. The Balaban J connectivity index is 1.53. The maximum absolute atomic E-state index is 12.1. The second-order valence-electron chi connectivity index (χ2n) is 5.89. The standard InChI is InChI=1S/C20H20N4O2/c1-14-3-2-4-16(11-14)13-26-17-7-5-15(6-8-17)12-24-20(25)18-19(21)23-10-9-22-18/h2-11H,12-13H2,1H3,(H2,21,23)(H,24,25). The third-order valence-corrected chi connectivity index (χ3v) is 3.81. The Bertz CT molecular complexity index is 894. The van der Waals surface area contributed by atoms with Crippen LogP contribution in [0.5, 0.6) is 5.75 Å². The van der Waals surface area contributed by atoms with Crippen molar-refractivity contribution in [2.45, 2.75) is 20.1 Å². The third-order valence-electron chi connectivity index (χ3n) is 3.81. The molecule has 0 unspecified atom stereocenters. The highest BCUT2D eigenvalue weighted by molar-refractivity contribution is 5.96. The van der Waals surface area contributed by atoms with Crippen molar-refractivity contribution in [1.29, 1.82) is 0 Å². The number of nitrogens with one attached hydrogen (secondary N) is 1. The average Bonchev–Trinajstić information content (AvgIpc) is 2.66. The van der Waals surface area contributed by atoms with Gasteiger partial charge in [0.05, 0.1) is 0 Å². The summed E-state index contributed by atoms with van der Waals surface area (Å²) in [5.41, 5.74) is 9.06. The Morgan fingerprint density at radius 1 is 1.08 bits per heavy atom. The van der Waals surface area contributed by atoms with Crippen LogP contribution in [0, 0.1) is 6.92 Å². The molecule has 0 aliphatic heterocycles.